The van der Waals surface area contributed by atoms with Gasteiger partial charge in [0, 0.05) is 13.0 Å². The summed E-state index contributed by atoms with van der Waals surface area (Å²) in [6, 6.07) is 11.6. The minimum atomic E-state index is -0.555. The second-order valence-corrected chi connectivity index (χ2v) is 7.57. The number of hydrogen-bond acceptors (Lipinski definition) is 5. The Kier molecular flexibility index (Phi) is 5.64. The van der Waals surface area contributed by atoms with Crippen LogP contribution < -0.4 is 5.32 Å². The fraction of sp³-hybridized carbons (Fsp3) is 0.409. The SMILES string of the molecule is O=C(COC(=O)[C@@H]1CC(=O)N(Cc2ccco2)C1)N[C@@H]1CCCc2ccccc21. The van der Waals surface area contributed by atoms with Gasteiger partial charge in [-0.2, -0.15) is 0 Å². The molecule has 1 aromatic carbocycles. The van der Waals surface area contributed by atoms with Crippen LogP contribution >= 0.6 is 0 Å². The third-order valence-electron chi connectivity index (χ3n) is 5.52. The Morgan fingerprint density at radius 2 is 2.07 bits per heavy atom. The Hall–Kier alpha value is -3.09. The second kappa shape index (κ2) is 8.51. The lowest BCUT2D eigenvalue weighted by atomic mass is 9.88. The van der Waals surface area contributed by atoms with Crippen molar-refractivity contribution in [2.75, 3.05) is 13.2 Å². The zero-order chi connectivity index (χ0) is 20.2. The van der Waals surface area contributed by atoms with Gasteiger partial charge in [-0.05, 0) is 42.5 Å². The highest BCUT2D eigenvalue weighted by molar-refractivity contribution is 5.88. The Morgan fingerprint density at radius 3 is 2.90 bits per heavy atom. The maximum Gasteiger partial charge on any atom is 0.311 e. The highest BCUT2D eigenvalue weighted by Crippen LogP contribution is 2.29. The first-order chi connectivity index (χ1) is 14.1. The number of benzene rings is 1. The molecule has 1 saturated heterocycles. The molecular weight excluding hydrogens is 372 g/mol. The standard InChI is InChI=1S/C22H24N2O5/c25-20(23-19-9-3-6-15-5-1-2-8-18(15)19)14-29-22(27)16-11-21(26)24(12-16)13-17-7-4-10-28-17/h1-2,4-5,7-8,10,16,19H,3,6,9,11-14H2,(H,23,25)/t16-,19-/m1/s1. The molecule has 0 saturated carbocycles. The normalized spacial score (nSPS) is 21.0. The maximum absolute atomic E-state index is 12.3. The van der Waals surface area contributed by atoms with E-state index in [1.54, 1.807) is 23.3 Å². The topological polar surface area (TPSA) is 88.9 Å². The maximum atomic E-state index is 12.3. The third kappa shape index (κ3) is 4.50. The summed E-state index contributed by atoms with van der Waals surface area (Å²) in [5.74, 6) is -0.844. The fourth-order valence-electron chi connectivity index (χ4n) is 4.07. The molecule has 2 heterocycles. The molecule has 0 bridgehead atoms. The summed E-state index contributed by atoms with van der Waals surface area (Å²) < 4.78 is 10.4. The number of aryl methyl sites for hydroxylation is 1. The van der Waals surface area contributed by atoms with Crippen molar-refractivity contribution in [2.24, 2.45) is 5.92 Å². The molecule has 7 heteroatoms. The first-order valence-corrected chi connectivity index (χ1v) is 9.94. The summed E-state index contributed by atoms with van der Waals surface area (Å²) in [7, 11) is 0. The number of fused-ring (bicyclic) bond motifs is 1. The molecule has 1 aliphatic carbocycles. The monoisotopic (exact) mass is 396 g/mol. The van der Waals surface area contributed by atoms with Crippen LogP contribution in [0.1, 0.15) is 42.2 Å². The molecule has 2 amide bonds. The molecule has 1 fully saturated rings. The van der Waals surface area contributed by atoms with Gasteiger partial charge in [0.25, 0.3) is 5.91 Å². The van der Waals surface area contributed by atoms with Gasteiger partial charge in [-0.1, -0.05) is 24.3 Å². The van der Waals surface area contributed by atoms with Crippen molar-refractivity contribution in [1.29, 1.82) is 0 Å². The van der Waals surface area contributed by atoms with Gasteiger partial charge in [-0.15, -0.1) is 0 Å². The summed E-state index contributed by atoms with van der Waals surface area (Å²) in [5.41, 5.74) is 2.38. The Bertz CT molecular complexity index is 892. The first-order valence-electron chi connectivity index (χ1n) is 9.94. The number of rotatable bonds is 6. The molecule has 1 aromatic heterocycles. The minimum absolute atomic E-state index is 0.0528. The van der Waals surface area contributed by atoms with Crippen molar-refractivity contribution in [3.8, 4) is 0 Å². The van der Waals surface area contributed by atoms with E-state index < -0.39 is 11.9 Å². The highest BCUT2D eigenvalue weighted by Gasteiger charge is 2.36. The second-order valence-electron chi connectivity index (χ2n) is 7.57. The van der Waals surface area contributed by atoms with Crippen LogP contribution in [0.2, 0.25) is 0 Å². The van der Waals surface area contributed by atoms with Crippen LogP contribution in [-0.4, -0.2) is 35.8 Å². The molecule has 152 valence electrons. The lowest BCUT2D eigenvalue weighted by molar-refractivity contribution is -0.152. The Labute approximate surface area is 169 Å². The van der Waals surface area contributed by atoms with E-state index >= 15 is 0 Å². The molecular formula is C22H24N2O5. The number of likely N-dealkylation sites (tertiary alicyclic amines) is 1. The fourth-order valence-corrected chi connectivity index (χ4v) is 4.07. The van der Waals surface area contributed by atoms with E-state index in [4.69, 9.17) is 9.15 Å². The van der Waals surface area contributed by atoms with E-state index in [9.17, 15) is 14.4 Å². The van der Waals surface area contributed by atoms with Gasteiger partial charge in [-0.3, -0.25) is 14.4 Å². The van der Waals surface area contributed by atoms with Crippen LogP contribution in [0.5, 0.6) is 0 Å². The number of carbonyl (C=O) groups excluding carboxylic acids is 3. The van der Waals surface area contributed by atoms with Crippen molar-refractivity contribution >= 4 is 17.8 Å². The van der Waals surface area contributed by atoms with Crippen LogP contribution in [0, 0.1) is 5.92 Å². The van der Waals surface area contributed by atoms with Gasteiger partial charge >= 0.3 is 5.97 Å². The number of hydrogen-bond donors (Lipinski definition) is 1. The first kappa shape index (κ1) is 19.2. The minimum Gasteiger partial charge on any atom is -0.467 e. The molecule has 1 aliphatic heterocycles. The van der Waals surface area contributed by atoms with Crippen molar-refractivity contribution in [3.05, 3.63) is 59.5 Å². The molecule has 7 nitrogen and oxygen atoms in total. The summed E-state index contributed by atoms with van der Waals surface area (Å²) in [6.45, 7) is 0.271. The van der Waals surface area contributed by atoms with Crippen molar-refractivity contribution in [2.45, 2.75) is 38.3 Å². The van der Waals surface area contributed by atoms with Gasteiger partial charge < -0.3 is 19.4 Å². The number of nitrogens with zero attached hydrogens (tertiary/aromatic N) is 1. The summed E-state index contributed by atoms with van der Waals surface area (Å²) in [4.78, 5) is 38.3. The number of amides is 2. The van der Waals surface area contributed by atoms with E-state index in [0.29, 0.717) is 12.3 Å². The lowest BCUT2D eigenvalue weighted by Crippen LogP contribution is -2.35. The molecule has 0 radical (unpaired) electrons. The van der Waals surface area contributed by atoms with Crippen LogP contribution in [-0.2, 0) is 32.1 Å². The average Bonchev–Trinajstić information content (AvgIpc) is 3.37. The van der Waals surface area contributed by atoms with E-state index in [2.05, 4.69) is 11.4 Å². The summed E-state index contributed by atoms with van der Waals surface area (Å²) in [5, 5.41) is 2.96. The molecule has 2 atom stereocenters. The molecule has 29 heavy (non-hydrogen) atoms. The molecule has 2 aromatic rings. The zero-order valence-corrected chi connectivity index (χ0v) is 16.1. The van der Waals surface area contributed by atoms with Crippen LogP contribution in [0.15, 0.2) is 47.1 Å². The van der Waals surface area contributed by atoms with Crippen LogP contribution in [0.25, 0.3) is 0 Å². The van der Waals surface area contributed by atoms with E-state index in [-0.39, 0.29) is 37.4 Å². The Morgan fingerprint density at radius 1 is 1.21 bits per heavy atom. The van der Waals surface area contributed by atoms with Crippen molar-refractivity contribution in [3.63, 3.8) is 0 Å². The van der Waals surface area contributed by atoms with Gasteiger partial charge in [0.1, 0.15) is 5.76 Å². The summed E-state index contributed by atoms with van der Waals surface area (Å²) in [6.07, 6.45) is 4.54. The van der Waals surface area contributed by atoms with E-state index in [0.717, 1.165) is 24.8 Å². The molecule has 0 unspecified atom stereocenters. The number of ether oxygens (including phenoxy) is 1. The van der Waals surface area contributed by atoms with Crippen molar-refractivity contribution < 1.29 is 23.5 Å². The van der Waals surface area contributed by atoms with Gasteiger partial charge in [0.2, 0.25) is 5.91 Å². The number of nitrogens with one attached hydrogen (secondary N) is 1. The lowest BCUT2D eigenvalue weighted by Gasteiger charge is -2.26. The number of esters is 1. The van der Waals surface area contributed by atoms with Crippen LogP contribution in [0.4, 0.5) is 0 Å². The average molecular weight is 396 g/mol. The third-order valence-corrected chi connectivity index (χ3v) is 5.52. The molecule has 0 spiro atoms. The molecule has 2 aliphatic rings. The predicted octanol–water partition coefficient (Wildman–Crippen LogP) is 2.37. The number of carbonyl (C=O) groups is 3. The van der Waals surface area contributed by atoms with E-state index in [1.807, 2.05) is 18.2 Å². The van der Waals surface area contributed by atoms with Gasteiger partial charge in [0.15, 0.2) is 6.61 Å². The Balaban J connectivity index is 1.26. The molecule has 4 rings (SSSR count). The quantitative estimate of drug-likeness (QED) is 0.758. The van der Waals surface area contributed by atoms with Gasteiger partial charge in [0.05, 0.1) is 24.8 Å². The number of furan rings is 1. The zero-order valence-electron chi connectivity index (χ0n) is 16.1. The largest absolute Gasteiger partial charge is 0.467 e. The predicted molar refractivity (Wildman–Crippen MR) is 103 cm³/mol. The van der Waals surface area contributed by atoms with Gasteiger partial charge in [-0.25, -0.2) is 0 Å². The van der Waals surface area contributed by atoms with E-state index in [1.165, 1.54) is 5.56 Å². The molecule has 1 N–H and O–H groups in total. The smallest absolute Gasteiger partial charge is 0.311 e. The highest BCUT2D eigenvalue weighted by atomic mass is 16.5. The summed E-state index contributed by atoms with van der Waals surface area (Å²) >= 11 is 0. The van der Waals surface area contributed by atoms with Crippen LogP contribution in [0.3, 0.4) is 0 Å². The van der Waals surface area contributed by atoms with Crippen molar-refractivity contribution in [1.82, 2.24) is 10.2 Å².